The summed E-state index contributed by atoms with van der Waals surface area (Å²) in [5.41, 5.74) is 4.53. The first-order valence-corrected chi connectivity index (χ1v) is 8.73. The number of rotatable bonds is 1. The number of halogens is 2. The molecule has 3 aliphatic rings. The Morgan fingerprint density at radius 2 is 2.22 bits per heavy atom. The van der Waals surface area contributed by atoms with E-state index in [0.29, 0.717) is 22.4 Å². The van der Waals surface area contributed by atoms with Gasteiger partial charge in [-0.05, 0) is 33.6 Å². The lowest BCUT2D eigenvalue weighted by molar-refractivity contribution is -0.583. The third-order valence-corrected chi connectivity index (χ3v) is 6.90. The monoisotopic (exact) mass is 393 g/mol. The van der Waals surface area contributed by atoms with E-state index in [-0.39, 0.29) is 5.84 Å². The molecule has 4 atom stereocenters. The van der Waals surface area contributed by atoms with E-state index >= 15 is 0 Å². The molecule has 2 fully saturated rings. The third kappa shape index (κ3) is 1.43. The number of ether oxygens (including phenoxy) is 1. The lowest BCUT2D eigenvalue weighted by Crippen LogP contribution is -2.88. The van der Waals surface area contributed by atoms with Gasteiger partial charge in [-0.3, -0.25) is 5.73 Å². The van der Waals surface area contributed by atoms with Gasteiger partial charge in [0.1, 0.15) is 5.82 Å². The van der Waals surface area contributed by atoms with Gasteiger partial charge < -0.3 is 4.74 Å². The zero-order valence-electron chi connectivity index (χ0n) is 11.8. The summed E-state index contributed by atoms with van der Waals surface area (Å²) in [5.74, 6) is 0.105. The van der Waals surface area contributed by atoms with Crippen LogP contribution in [-0.2, 0) is 4.74 Å². The van der Waals surface area contributed by atoms with Crippen LogP contribution in [0.2, 0.25) is 0 Å². The first kappa shape index (κ1) is 14.9. The molecule has 1 saturated carbocycles. The molecule has 0 aromatic heterocycles. The summed E-state index contributed by atoms with van der Waals surface area (Å²) < 4.78 is 19.7. The van der Waals surface area contributed by atoms with Gasteiger partial charge >= 0.3 is 0 Å². The number of amidine groups is 1. The fourth-order valence-electron chi connectivity index (χ4n) is 4.01. The Hall–Kier alpha value is -1.61. The Morgan fingerprint density at radius 1 is 1.43 bits per heavy atom. The maximum atomic E-state index is 13.6. The molecule has 1 saturated heterocycles. The Morgan fingerprint density at radius 3 is 2.78 bits per heavy atom. The molecule has 0 radical (unpaired) electrons. The molecule has 5 nitrogen and oxygen atoms in total. The third-order valence-electron chi connectivity index (χ3n) is 4.97. The van der Waals surface area contributed by atoms with Gasteiger partial charge in [0, 0.05) is 11.7 Å². The van der Waals surface area contributed by atoms with Crippen LogP contribution >= 0.6 is 27.7 Å². The number of nitrogens with two attached hydrogens (primary N) is 1. The fraction of sp³-hybridized carbons (Fsp3) is 0.400. The number of nitriles is 2. The van der Waals surface area contributed by atoms with E-state index in [2.05, 4.69) is 33.1 Å². The van der Waals surface area contributed by atoms with Crippen LogP contribution in [0, 0.1) is 39.3 Å². The van der Waals surface area contributed by atoms with Crippen LogP contribution < -0.4 is 10.7 Å². The van der Waals surface area contributed by atoms with Gasteiger partial charge in [0.25, 0.3) is 10.9 Å². The number of benzene rings is 1. The summed E-state index contributed by atoms with van der Waals surface area (Å²) >= 11 is 4.62. The molecule has 1 aliphatic carbocycles. The zero-order chi connectivity index (χ0) is 16.5. The molecule has 0 amide bonds. The molecule has 23 heavy (non-hydrogen) atoms. The number of hydrogen-bond donors (Lipinski definition) is 2. The Kier molecular flexibility index (Phi) is 2.91. The number of fused-ring (bicyclic) bond motifs is 2. The van der Waals surface area contributed by atoms with Crippen molar-refractivity contribution in [3.8, 4) is 12.1 Å². The second-order valence-electron chi connectivity index (χ2n) is 5.80. The van der Waals surface area contributed by atoms with E-state index < -0.39 is 27.6 Å². The van der Waals surface area contributed by atoms with Gasteiger partial charge in [-0.1, -0.05) is 17.8 Å². The summed E-state index contributed by atoms with van der Waals surface area (Å²) in [7, 11) is 0. The maximum Gasteiger partial charge on any atom is 0.277 e. The highest BCUT2D eigenvalue weighted by Crippen LogP contribution is 2.80. The van der Waals surface area contributed by atoms with E-state index in [1.54, 1.807) is 12.1 Å². The summed E-state index contributed by atoms with van der Waals surface area (Å²) in [6.45, 7) is 0.482. The van der Waals surface area contributed by atoms with Crippen LogP contribution in [0.15, 0.2) is 22.7 Å². The quantitative estimate of drug-likeness (QED) is 0.726. The van der Waals surface area contributed by atoms with Gasteiger partial charge in [0.2, 0.25) is 0 Å². The van der Waals surface area contributed by atoms with Crippen LogP contribution in [0.4, 0.5) is 4.39 Å². The molecule has 8 heteroatoms. The number of nitrogens with zero attached hydrogens (tertiary/aromatic N) is 2. The zero-order valence-corrected chi connectivity index (χ0v) is 14.2. The van der Waals surface area contributed by atoms with Gasteiger partial charge in [0.15, 0.2) is 10.8 Å². The van der Waals surface area contributed by atoms with E-state index in [0.717, 1.165) is 0 Å². The second kappa shape index (κ2) is 4.47. The van der Waals surface area contributed by atoms with E-state index in [1.807, 2.05) is 0 Å². The highest BCUT2D eigenvalue weighted by Gasteiger charge is 2.96. The minimum atomic E-state index is -1.17. The van der Waals surface area contributed by atoms with Crippen molar-refractivity contribution < 1.29 is 14.1 Å². The second-order valence-corrected chi connectivity index (χ2v) is 7.92. The molecule has 2 heterocycles. The first-order chi connectivity index (χ1) is 11.0. The van der Waals surface area contributed by atoms with Crippen molar-refractivity contribution in [1.29, 1.82) is 10.5 Å². The highest BCUT2D eigenvalue weighted by atomic mass is 79.9. The minimum Gasteiger partial charge on any atom is -0.327 e. The van der Waals surface area contributed by atoms with Crippen LogP contribution in [0.25, 0.3) is 0 Å². The average molecular weight is 394 g/mol. The Labute approximate surface area is 144 Å². The predicted molar refractivity (Wildman–Crippen MR) is 84.2 cm³/mol. The molecule has 1 aromatic carbocycles. The molecule has 2 aliphatic heterocycles. The van der Waals surface area contributed by atoms with Crippen LogP contribution in [-0.4, -0.2) is 23.3 Å². The van der Waals surface area contributed by atoms with E-state index in [9.17, 15) is 14.9 Å². The van der Waals surface area contributed by atoms with E-state index in [4.69, 9.17) is 10.5 Å². The lowest BCUT2D eigenvalue weighted by atomic mass is 9.95. The van der Waals surface area contributed by atoms with Crippen LogP contribution in [0.5, 0.6) is 0 Å². The van der Waals surface area contributed by atoms with Gasteiger partial charge in [-0.2, -0.15) is 10.5 Å². The Balaban J connectivity index is 1.93. The largest absolute Gasteiger partial charge is 0.327 e. The topological polar surface area (TPSA) is 96.8 Å². The van der Waals surface area contributed by atoms with Crippen molar-refractivity contribution in [3.63, 3.8) is 0 Å². The molecule has 1 aromatic rings. The predicted octanol–water partition coefficient (Wildman–Crippen LogP) is 0.574. The van der Waals surface area contributed by atoms with Crippen molar-refractivity contribution in [2.24, 2.45) is 16.6 Å². The molecular formula is C15H11BrFN4OS+. The first-order valence-electron chi connectivity index (χ1n) is 6.95. The molecule has 116 valence electrons. The van der Waals surface area contributed by atoms with Crippen molar-refractivity contribution in [3.05, 3.63) is 34.1 Å². The summed E-state index contributed by atoms with van der Waals surface area (Å²) in [4.78, 5) is 3.04. The SMILES string of the molecule is N#C[C@@]12[C@@H](c3ccc(F)c(Br)c3)[C@]1(C#N)C(N)=[NH+][C@@]21OCCS1. The summed E-state index contributed by atoms with van der Waals surface area (Å²) in [5, 5.41) is 18.8. The maximum absolute atomic E-state index is 13.6. The molecule has 0 unspecified atom stereocenters. The highest BCUT2D eigenvalue weighted by molar-refractivity contribution is 9.10. The van der Waals surface area contributed by atoms with Crippen LogP contribution in [0.3, 0.4) is 0 Å². The minimum absolute atomic E-state index is 0.251. The smallest absolute Gasteiger partial charge is 0.277 e. The number of hydrogen-bond acceptors (Lipinski definition) is 5. The Bertz CT molecular complexity index is 841. The summed E-state index contributed by atoms with van der Waals surface area (Å²) in [6.07, 6.45) is 0. The number of nitrogens with one attached hydrogen (secondary N) is 1. The number of thioether (sulfide) groups is 1. The van der Waals surface area contributed by atoms with Crippen molar-refractivity contribution >= 4 is 33.5 Å². The summed E-state index contributed by atoms with van der Waals surface area (Å²) in [6, 6.07) is 9.08. The van der Waals surface area contributed by atoms with E-state index in [1.165, 1.54) is 17.8 Å². The fourth-order valence-corrected chi connectivity index (χ4v) is 5.76. The van der Waals surface area contributed by atoms with Gasteiger partial charge in [-0.25, -0.2) is 9.38 Å². The molecule has 3 N–H and O–H groups in total. The lowest BCUT2D eigenvalue weighted by Gasteiger charge is -2.23. The molecule has 1 spiro atoms. The van der Waals surface area contributed by atoms with Crippen molar-refractivity contribution in [1.82, 2.24) is 0 Å². The van der Waals surface area contributed by atoms with Crippen molar-refractivity contribution in [2.75, 3.05) is 12.4 Å². The molecular weight excluding hydrogens is 383 g/mol. The van der Waals surface area contributed by atoms with Crippen LogP contribution in [0.1, 0.15) is 11.5 Å². The average Bonchev–Trinajstić information content (AvgIpc) is 2.79. The van der Waals surface area contributed by atoms with Crippen molar-refractivity contribution in [2.45, 2.75) is 11.0 Å². The normalized spacial score (nSPS) is 40.3. The molecule has 4 rings (SSSR count). The molecule has 0 bridgehead atoms. The standard InChI is InChI=1S/C15H10BrFN4OS/c16-9-5-8(1-2-10(9)17)11-13(6-18)12(20)21-15(14(11,13)7-19)22-3-4-23-15/h1-2,5,11H,3-4H2,(H2,20,21)/p+1/t11-,13+,14+,15+/m0/s1. The van der Waals surface area contributed by atoms with Gasteiger partial charge in [0.05, 0.1) is 23.2 Å². The van der Waals surface area contributed by atoms with Gasteiger partial charge in [-0.15, -0.1) is 0 Å².